The molecular weight excluding hydrogens is 472 g/mol. The molecule has 0 amide bonds. The van der Waals surface area contributed by atoms with Crippen LogP contribution in [0.5, 0.6) is 11.5 Å². The van der Waals surface area contributed by atoms with Crippen molar-refractivity contribution in [3.63, 3.8) is 0 Å². The van der Waals surface area contributed by atoms with Gasteiger partial charge < -0.3 is 34.6 Å². The van der Waals surface area contributed by atoms with Crippen LogP contribution >= 0.6 is 0 Å². The summed E-state index contributed by atoms with van der Waals surface area (Å²) < 4.78 is 17.0. The first-order chi connectivity index (χ1) is 18.0. The molecule has 2 aromatic rings. The highest BCUT2D eigenvalue weighted by Crippen LogP contribution is 2.28. The van der Waals surface area contributed by atoms with Crippen molar-refractivity contribution in [1.82, 2.24) is 0 Å². The summed E-state index contributed by atoms with van der Waals surface area (Å²) in [5.41, 5.74) is 2.02. The van der Waals surface area contributed by atoms with Crippen molar-refractivity contribution >= 4 is 0 Å². The number of benzene rings is 2. The summed E-state index contributed by atoms with van der Waals surface area (Å²) in [5.74, 6) is 1.30. The molecule has 4 N–H and O–H groups in total. The van der Waals surface area contributed by atoms with Crippen LogP contribution < -0.4 is 9.47 Å². The van der Waals surface area contributed by atoms with Crippen LogP contribution in [0.25, 0.3) is 11.1 Å². The third-order valence-electron chi connectivity index (χ3n) is 6.91. The molecule has 2 aromatic carbocycles. The van der Waals surface area contributed by atoms with Gasteiger partial charge in [-0.25, -0.2) is 0 Å². The van der Waals surface area contributed by atoms with Crippen molar-refractivity contribution < 1.29 is 34.6 Å². The molecule has 0 aliphatic carbocycles. The van der Waals surface area contributed by atoms with E-state index in [4.69, 9.17) is 14.2 Å². The van der Waals surface area contributed by atoms with E-state index in [1.807, 2.05) is 36.4 Å². The van der Waals surface area contributed by atoms with E-state index in [-0.39, 0.29) is 0 Å². The molecule has 0 radical (unpaired) electrons. The summed E-state index contributed by atoms with van der Waals surface area (Å²) in [6, 6.07) is 15.2. The van der Waals surface area contributed by atoms with Gasteiger partial charge >= 0.3 is 0 Å². The Hall–Kier alpha value is -2.16. The van der Waals surface area contributed by atoms with E-state index in [1.54, 1.807) is 12.1 Å². The lowest BCUT2D eigenvalue weighted by molar-refractivity contribution is -0.277. The molecule has 5 atom stereocenters. The van der Waals surface area contributed by atoms with Gasteiger partial charge in [0.25, 0.3) is 0 Å². The quantitative estimate of drug-likeness (QED) is 0.237. The molecule has 3 rings (SSSR count). The summed E-state index contributed by atoms with van der Waals surface area (Å²) in [5, 5.41) is 39.3. The zero-order valence-corrected chi connectivity index (χ0v) is 22.0. The first-order valence-electron chi connectivity index (χ1n) is 13.8. The minimum Gasteiger partial charge on any atom is -0.494 e. The number of aliphatic hydroxyl groups is 4. The first-order valence-corrected chi connectivity index (χ1v) is 13.8. The second kappa shape index (κ2) is 15.9. The Kier molecular flexibility index (Phi) is 12.7. The van der Waals surface area contributed by atoms with Crippen LogP contribution in [0.3, 0.4) is 0 Å². The maximum atomic E-state index is 10.1. The van der Waals surface area contributed by atoms with Crippen LogP contribution in [0.15, 0.2) is 48.5 Å². The molecule has 0 spiro atoms. The van der Waals surface area contributed by atoms with E-state index in [9.17, 15) is 20.4 Å². The average molecular weight is 517 g/mol. The zero-order chi connectivity index (χ0) is 26.5. The predicted octanol–water partition coefficient (Wildman–Crippen LogP) is 4.83. The van der Waals surface area contributed by atoms with E-state index in [2.05, 4.69) is 6.92 Å². The topological polar surface area (TPSA) is 109 Å². The minimum absolute atomic E-state index is 0.435. The highest BCUT2D eigenvalue weighted by atomic mass is 16.7. The molecular formula is C30H44O7. The van der Waals surface area contributed by atoms with Gasteiger partial charge in [0, 0.05) is 0 Å². The second-order valence-electron chi connectivity index (χ2n) is 9.89. The predicted molar refractivity (Wildman–Crippen MR) is 144 cm³/mol. The molecule has 0 aromatic heterocycles. The number of aliphatic hydroxyl groups excluding tert-OH is 4. The normalized spacial score (nSPS) is 23.6. The number of rotatable bonds is 16. The van der Waals surface area contributed by atoms with Gasteiger partial charge in [0.2, 0.25) is 6.29 Å². The fourth-order valence-electron chi connectivity index (χ4n) is 4.55. The van der Waals surface area contributed by atoms with Crippen molar-refractivity contribution in [2.24, 2.45) is 0 Å². The monoisotopic (exact) mass is 516 g/mol. The van der Waals surface area contributed by atoms with Gasteiger partial charge in [-0.3, -0.25) is 0 Å². The Morgan fingerprint density at radius 1 is 0.649 bits per heavy atom. The number of hydrogen-bond acceptors (Lipinski definition) is 7. The van der Waals surface area contributed by atoms with Gasteiger partial charge in [-0.05, 0) is 41.8 Å². The van der Waals surface area contributed by atoms with Crippen LogP contribution in [0.2, 0.25) is 0 Å². The first kappa shape index (κ1) is 29.4. The molecule has 1 aliphatic rings. The van der Waals surface area contributed by atoms with Gasteiger partial charge in [0.1, 0.15) is 35.9 Å². The fraction of sp³-hybridized carbons (Fsp3) is 0.600. The van der Waals surface area contributed by atoms with Gasteiger partial charge in [-0.2, -0.15) is 0 Å². The van der Waals surface area contributed by atoms with Crippen LogP contribution in [0.1, 0.15) is 71.1 Å². The molecule has 7 heteroatoms. The Bertz CT molecular complexity index is 869. The highest BCUT2D eigenvalue weighted by molar-refractivity contribution is 5.64. The van der Waals surface area contributed by atoms with Gasteiger partial charge in [0.05, 0.1) is 13.2 Å². The molecule has 0 unspecified atom stereocenters. The lowest BCUT2D eigenvalue weighted by atomic mass is 9.99. The standard InChI is InChI=1S/C30H44O7/c1-2-3-4-5-6-7-8-9-10-11-20-35-24-16-12-22(13-17-24)23-14-18-25(19-15-23)36-30-29(34)28(33)27(32)26(21-31)37-30/h12-19,26-34H,2-11,20-21H2,1H3/t26-,27-,28+,29-,30-/m1/s1. The third-order valence-corrected chi connectivity index (χ3v) is 6.91. The summed E-state index contributed by atoms with van der Waals surface area (Å²) in [6.07, 6.45) is 6.54. The van der Waals surface area contributed by atoms with Gasteiger partial charge in [-0.15, -0.1) is 0 Å². The largest absolute Gasteiger partial charge is 0.494 e. The van der Waals surface area contributed by atoms with Crippen LogP contribution in [0.4, 0.5) is 0 Å². The van der Waals surface area contributed by atoms with Crippen molar-refractivity contribution in [2.75, 3.05) is 13.2 Å². The molecule has 1 aliphatic heterocycles. The molecule has 7 nitrogen and oxygen atoms in total. The van der Waals surface area contributed by atoms with Crippen LogP contribution in [-0.2, 0) is 4.74 Å². The Balaban J connectivity index is 1.37. The van der Waals surface area contributed by atoms with Gasteiger partial charge in [-0.1, -0.05) is 89.0 Å². The van der Waals surface area contributed by atoms with Crippen molar-refractivity contribution in [3.05, 3.63) is 48.5 Å². The van der Waals surface area contributed by atoms with Crippen molar-refractivity contribution in [3.8, 4) is 22.6 Å². The van der Waals surface area contributed by atoms with E-state index in [0.717, 1.165) is 29.9 Å². The Morgan fingerprint density at radius 2 is 1.16 bits per heavy atom. The molecule has 1 fully saturated rings. The molecule has 0 saturated carbocycles. The smallest absolute Gasteiger partial charge is 0.229 e. The van der Waals surface area contributed by atoms with E-state index in [0.29, 0.717) is 5.75 Å². The van der Waals surface area contributed by atoms with Crippen molar-refractivity contribution in [1.29, 1.82) is 0 Å². The van der Waals surface area contributed by atoms with Crippen LogP contribution in [0, 0.1) is 0 Å². The van der Waals surface area contributed by atoms with E-state index >= 15 is 0 Å². The summed E-state index contributed by atoms with van der Waals surface area (Å²) in [7, 11) is 0. The molecule has 1 saturated heterocycles. The highest BCUT2D eigenvalue weighted by Gasteiger charge is 2.44. The lowest BCUT2D eigenvalue weighted by Crippen LogP contribution is -2.60. The third kappa shape index (κ3) is 9.27. The lowest BCUT2D eigenvalue weighted by Gasteiger charge is -2.39. The van der Waals surface area contributed by atoms with Crippen molar-refractivity contribution in [2.45, 2.75) is 102 Å². The average Bonchev–Trinajstić information content (AvgIpc) is 2.93. The summed E-state index contributed by atoms with van der Waals surface area (Å²) >= 11 is 0. The molecule has 206 valence electrons. The van der Waals surface area contributed by atoms with Gasteiger partial charge in [0.15, 0.2) is 0 Å². The maximum Gasteiger partial charge on any atom is 0.229 e. The number of hydrogen-bond donors (Lipinski definition) is 4. The molecule has 0 bridgehead atoms. The SMILES string of the molecule is CCCCCCCCCCCCOc1ccc(-c2ccc(O[C@@H]3O[C@H](CO)[C@@H](O)[C@H](O)[C@H]3O)cc2)cc1. The molecule has 37 heavy (non-hydrogen) atoms. The Labute approximate surface area is 221 Å². The minimum atomic E-state index is -1.47. The summed E-state index contributed by atoms with van der Waals surface area (Å²) in [4.78, 5) is 0. The number of unbranched alkanes of at least 4 members (excludes halogenated alkanes) is 9. The summed E-state index contributed by atoms with van der Waals surface area (Å²) in [6.45, 7) is 2.49. The Morgan fingerprint density at radius 3 is 1.70 bits per heavy atom. The number of ether oxygens (including phenoxy) is 3. The second-order valence-corrected chi connectivity index (χ2v) is 9.89. The fourth-order valence-corrected chi connectivity index (χ4v) is 4.55. The zero-order valence-electron chi connectivity index (χ0n) is 22.0. The maximum absolute atomic E-state index is 10.1. The molecule has 1 heterocycles. The van der Waals surface area contributed by atoms with Crippen LogP contribution in [-0.4, -0.2) is 64.3 Å². The van der Waals surface area contributed by atoms with E-state index < -0.39 is 37.3 Å². The van der Waals surface area contributed by atoms with E-state index in [1.165, 1.54) is 57.8 Å².